The highest BCUT2D eigenvalue weighted by Crippen LogP contribution is 2.37. The molecule has 0 aliphatic heterocycles. The molecule has 0 spiro atoms. The number of hydrogen-bond acceptors (Lipinski definition) is 8. The summed E-state index contributed by atoms with van der Waals surface area (Å²) in [6, 6.07) is 0. The Morgan fingerprint density at radius 2 is 2.17 bits per heavy atom. The van der Waals surface area contributed by atoms with Crippen LogP contribution in [0.3, 0.4) is 0 Å². The molecule has 0 bridgehead atoms. The van der Waals surface area contributed by atoms with Crippen LogP contribution in [0.4, 0.5) is 0 Å². The quantitative estimate of drug-likeness (QED) is 0.158. The van der Waals surface area contributed by atoms with Crippen LogP contribution in [0.25, 0.3) is 0 Å². The second kappa shape index (κ2) is 8.82. The van der Waals surface area contributed by atoms with Crippen molar-refractivity contribution in [2.24, 2.45) is 0 Å². The fraction of sp³-hybridized carbons (Fsp3) is 1.00. The molecular formula is C4H10O4S4. The molecule has 0 radical (unpaired) electrons. The zero-order chi connectivity index (χ0) is 9.40. The van der Waals surface area contributed by atoms with E-state index >= 15 is 0 Å². The first-order valence-corrected chi connectivity index (χ1v) is 7.43. The Morgan fingerprint density at radius 3 is 2.67 bits per heavy atom. The van der Waals surface area contributed by atoms with Gasteiger partial charge in [0.05, 0.1) is 6.10 Å². The minimum absolute atomic E-state index is 0.0531. The first kappa shape index (κ1) is 13.2. The van der Waals surface area contributed by atoms with Gasteiger partial charge in [-0.05, 0) is 16.7 Å². The van der Waals surface area contributed by atoms with Crippen molar-refractivity contribution < 1.29 is 19.4 Å². The van der Waals surface area contributed by atoms with Gasteiger partial charge in [-0.1, -0.05) is 11.7 Å². The monoisotopic (exact) mass is 250 g/mol. The highest BCUT2D eigenvalue weighted by atomic mass is 33.7. The van der Waals surface area contributed by atoms with E-state index in [9.17, 15) is 0 Å². The highest BCUT2D eigenvalue weighted by Gasteiger charge is 2.11. The molecular weight excluding hydrogens is 240 g/mol. The molecule has 0 aliphatic rings. The summed E-state index contributed by atoms with van der Waals surface area (Å²) in [6.07, 6.45) is -1.73. The summed E-state index contributed by atoms with van der Waals surface area (Å²) >= 11 is 4.83. The maximum atomic E-state index is 8.99. The van der Waals surface area contributed by atoms with Crippen molar-refractivity contribution in [2.75, 3.05) is 6.61 Å². The topological polar surface area (TPSA) is 58.9 Å². The van der Waals surface area contributed by atoms with Crippen molar-refractivity contribution in [1.29, 1.82) is 0 Å². The van der Waals surface area contributed by atoms with Gasteiger partial charge in [0.1, 0.15) is 23.8 Å². The molecule has 0 aromatic rings. The molecule has 0 aliphatic carbocycles. The Labute approximate surface area is 87.5 Å². The number of aliphatic hydroxyl groups is 2. The van der Waals surface area contributed by atoms with Crippen LogP contribution in [0.2, 0.25) is 0 Å². The lowest BCUT2D eigenvalue weighted by molar-refractivity contribution is -0.215. The summed E-state index contributed by atoms with van der Waals surface area (Å²) in [7, 11) is 2.50. The van der Waals surface area contributed by atoms with Crippen molar-refractivity contribution in [3.8, 4) is 0 Å². The summed E-state index contributed by atoms with van der Waals surface area (Å²) in [5.41, 5.74) is 0. The van der Waals surface area contributed by atoms with Crippen LogP contribution in [0, 0.1) is 0 Å². The van der Waals surface area contributed by atoms with E-state index in [1.807, 2.05) is 0 Å². The summed E-state index contributed by atoms with van der Waals surface area (Å²) < 4.78 is 4.53. The van der Waals surface area contributed by atoms with Gasteiger partial charge in [0.2, 0.25) is 0 Å². The molecule has 0 aromatic heterocycles. The number of thiol groups is 1. The Kier molecular flexibility index (Phi) is 9.73. The van der Waals surface area contributed by atoms with Crippen molar-refractivity contribution in [3.05, 3.63) is 0 Å². The van der Waals surface area contributed by atoms with Gasteiger partial charge in [0, 0.05) is 9.83 Å². The zero-order valence-corrected chi connectivity index (χ0v) is 9.59. The maximum absolute atomic E-state index is 8.99. The molecule has 0 saturated heterocycles. The predicted octanol–water partition coefficient (Wildman–Crippen LogP) is 1.47. The van der Waals surface area contributed by atoms with Crippen LogP contribution in [0.5, 0.6) is 0 Å². The molecule has 2 atom stereocenters. The third-order valence-corrected chi connectivity index (χ3v) is 4.40. The summed E-state index contributed by atoms with van der Waals surface area (Å²) in [4.78, 5) is 4.54. The van der Waals surface area contributed by atoms with Gasteiger partial charge in [-0.25, -0.2) is 4.89 Å². The van der Waals surface area contributed by atoms with Crippen LogP contribution in [0.15, 0.2) is 0 Å². The van der Waals surface area contributed by atoms with Gasteiger partial charge in [0.25, 0.3) is 0 Å². The molecule has 2 N–H and O–H groups in total. The smallest absolute Gasteiger partial charge is 0.114 e. The molecule has 4 nitrogen and oxygen atoms in total. The summed E-state index contributed by atoms with van der Waals surface area (Å²) in [5.74, 6) is 0. The first-order valence-electron chi connectivity index (χ1n) is 2.97. The Balaban J connectivity index is 3.08. The molecule has 0 saturated carbocycles. The molecule has 0 fully saturated rings. The maximum Gasteiger partial charge on any atom is 0.114 e. The zero-order valence-electron chi connectivity index (χ0n) is 6.24. The van der Waals surface area contributed by atoms with Crippen LogP contribution >= 0.6 is 42.4 Å². The van der Waals surface area contributed by atoms with Gasteiger partial charge in [-0.15, -0.1) is 0 Å². The molecule has 2 unspecified atom stereocenters. The van der Waals surface area contributed by atoms with E-state index in [4.69, 9.17) is 10.2 Å². The van der Waals surface area contributed by atoms with Crippen LogP contribution in [-0.2, 0) is 9.22 Å². The molecule has 0 aromatic carbocycles. The van der Waals surface area contributed by atoms with Gasteiger partial charge in [-0.2, -0.15) is 4.33 Å². The third-order valence-electron chi connectivity index (χ3n) is 0.930. The van der Waals surface area contributed by atoms with Crippen molar-refractivity contribution in [1.82, 2.24) is 0 Å². The second-order valence-electron chi connectivity index (χ2n) is 1.87. The van der Waals surface area contributed by atoms with Gasteiger partial charge in [-0.3, -0.25) is 0 Å². The SMILES string of the molecule is CC(O)C(O)COOSSSS. The van der Waals surface area contributed by atoms with Crippen molar-refractivity contribution >= 4 is 42.4 Å². The normalized spacial score (nSPS) is 16.0. The minimum atomic E-state index is -0.917. The average Bonchev–Trinajstić information content (AvgIpc) is 2.03. The first-order chi connectivity index (χ1) is 5.68. The van der Waals surface area contributed by atoms with Crippen LogP contribution < -0.4 is 0 Å². The van der Waals surface area contributed by atoms with Gasteiger partial charge >= 0.3 is 0 Å². The lowest BCUT2D eigenvalue weighted by Crippen LogP contribution is -2.27. The van der Waals surface area contributed by atoms with E-state index in [-0.39, 0.29) is 6.61 Å². The van der Waals surface area contributed by atoms with Crippen molar-refractivity contribution in [3.63, 3.8) is 0 Å². The summed E-state index contributed by atoms with van der Waals surface area (Å²) in [6.45, 7) is 1.42. The largest absolute Gasteiger partial charge is 0.391 e. The average molecular weight is 250 g/mol. The van der Waals surface area contributed by atoms with E-state index < -0.39 is 12.2 Å². The molecule has 0 rings (SSSR count). The number of aliphatic hydroxyl groups excluding tert-OH is 2. The Morgan fingerprint density at radius 1 is 1.50 bits per heavy atom. The Bertz CT molecular complexity index is 103. The highest BCUT2D eigenvalue weighted by molar-refractivity contribution is 9.23. The fourth-order valence-corrected chi connectivity index (χ4v) is 1.78. The molecule has 0 heterocycles. The van der Waals surface area contributed by atoms with Crippen LogP contribution in [0.1, 0.15) is 6.92 Å². The van der Waals surface area contributed by atoms with Crippen molar-refractivity contribution in [2.45, 2.75) is 19.1 Å². The molecule has 74 valence electrons. The minimum Gasteiger partial charge on any atom is -0.391 e. The third kappa shape index (κ3) is 7.87. The van der Waals surface area contributed by atoms with E-state index in [0.717, 1.165) is 11.1 Å². The molecule has 12 heavy (non-hydrogen) atoms. The van der Waals surface area contributed by atoms with Gasteiger partial charge < -0.3 is 10.2 Å². The lowest BCUT2D eigenvalue weighted by Gasteiger charge is -2.11. The standard InChI is InChI=1S/C4H10O4S4/c1-3(5)4(6)2-7-8-10-12-11-9/h3-6,9H,2H2,1H3. The van der Waals surface area contributed by atoms with E-state index in [0.29, 0.717) is 0 Å². The van der Waals surface area contributed by atoms with Gasteiger partial charge in [0.15, 0.2) is 0 Å². The number of rotatable bonds is 7. The molecule has 8 heteroatoms. The fourth-order valence-electron chi connectivity index (χ4n) is 0.280. The van der Waals surface area contributed by atoms with E-state index in [2.05, 4.69) is 20.9 Å². The lowest BCUT2D eigenvalue weighted by atomic mass is 10.2. The predicted molar refractivity (Wildman–Crippen MR) is 56.5 cm³/mol. The van der Waals surface area contributed by atoms with E-state index in [1.54, 1.807) is 0 Å². The number of hydrogen-bond donors (Lipinski definition) is 3. The summed E-state index contributed by atoms with van der Waals surface area (Å²) in [5, 5.41) is 17.8. The second-order valence-corrected chi connectivity index (χ2v) is 6.26. The van der Waals surface area contributed by atoms with Crippen LogP contribution in [-0.4, -0.2) is 29.0 Å². The molecule has 0 amide bonds. The Hall–Kier alpha value is 1.24. The van der Waals surface area contributed by atoms with E-state index in [1.165, 1.54) is 26.6 Å².